The Balaban J connectivity index is 2.54. The van der Waals surface area contributed by atoms with Crippen molar-refractivity contribution in [2.24, 2.45) is 5.16 Å². The van der Waals surface area contributed by atoms with Crippen molar-refractivity contribution in [3.8, 4) is 5.75 Å². The summed E-state index contributed by atoms with van der Waals surface area (Å²) in [6.07, 6.45) is -4.97. The third-order valence-corrected chi connectivity index (χ3v) is 5.05. The minimum Gasteiger partial charge on any atom is -0.496 e. The van der Waals surface area contributed by atoms with E-state index in [9.17, 15) is 21.6 Å². The zero-order chi connectivity index (χ0) is 21.1. The van der Waals surface area contributed by atoms with Crippen LogP contribution >= 0.6 is 0 Å². The van der Waals surface area contributed by atoms with Gasteiger partial charge in [0.2, 0.25) is 0 Å². The number of rotatable bonds is 6. The Hall–Kier alpha value is -2.55. The van der Waals surface area contributed by atoms with Crippen molar-refractivity contribution in [3.05, 3.63) is 59.2 Å². The predicted molar refractivity (Wildman–Crippen MR) is 99.1 cm³/mol. The Bertz CT molecular complexity index is 966. The molecule has 0 aromatic heterocycles. The first kappa shape index (κ1) is 21.7. The summed E-state index contributed by atoms with van der Waals surface area (Å²) < 4.78 is 74.8. The number of nitrogens with zero attached hydrogens (tertiary/aromatic N) is 1. The van der Waals surface area contributed by atoms with E-state index in [4.69, 9.17) is 4.74 Å². The normalized spacial score (nSPS) is 12.9. The first-order valence-corrected chi connectivity index (χ1v) is 9.71. The van der Waals surface area contributed by atoms with E-state index in [0.29, 0.717) is 5.56 Å². The van der Waals surface area contributed by atoms with E-state index < -0.39 is 27.6 Å². The van der Waals surface area contributed by atoms with Crippen LogP contribution in [-0.2, 0) is 14.4 Å². The highest BCUT2D eigenvalue weighted by Crippen LogP contribution is 2.34. The molecule has 2 aromatic carbocycles. The van der Waals surface area contributed by atoms with Crippen molar-refractivity contribution in [2.45, 2.75) is 37.8 Å². The zero-order valence-corrected chi connectivity index (χ0v) is 16.6. The first-order chi connectivity index (χ1) is 13.0. The summed E-state index contributed by atoms with van der Waals surface area (Å²) in [5.41, 5.74) is -0.588. The van der Waals surface area contributed by atoms with Crippen molar-refractivity contribution in [2.75, 3.05) is 7.11 Å². The van der Waals surface area contributed by atoms with Gasteiger partial charge in [0.05, 0.1) is 12.7 Å². The van der Waals surface area contributed by atoms with E-state index in [1.165, 1.54) is 37.4 Å². The van der Waals surface area contributed by atoms with Gasteiger partial charge in [0.25, 0.3) is 0 Å². The van der Waals surface area contributed by atoms with Crippen LogP contribution in [0.5, 0.6) is 5.75 Å². The number of methoxy groups -OCH3 is 1. The summed E-state index contributed by atoms with van der Waals surface area (Å²) in [5, 5.41) is 2.97. The van der Waals surface area contributed by atoms with Crippen LogP contribution in [0.4, 0.5) is 13.2 Å². The topological polar surface area (TPSA) is 65.0 Å². The molecular weight excluding hydrogens is 395 g/mol. The molecule has 2 rings (SSSR count). The molecule has 0 bridgehead atoms. The third-order valence-electron chi connectivity index (χ3n) is 3.93. The molecular formula is C19H20F3NO4S. The van der Waals surface area contributed by atoms with Crippen molar-refractivity contribution < 1.29 is 30.6 Å². The van der Waals surface area contributed by atoms with Crippen LogP contribution in [-0.4, -0.2) is 27.4 Å². The molecule has 0 spiro atoms. The van der Waals surface area contributed by atoms with Crippen LogP contribution in [0.1, 0.15) is 36.5 Å². The Kier molecular flexibility index (Phi) is 6.38. The molecule has 0 unspecified atom stereocenters. The Labute approximate surface area is 161 Å². The molecule has 0 radical (unpaired) electrons. The molecule has 0 aliphatic rings. The highest BCUT2D eigenvalue weighted by Gasteiger charge is 2.40. The van der Waals surface area contributed by atoms with E-state index in [1.807, 2.05) is 0 Å². The molecule has 9 heteroatoms. The first-order valence-electron chi connectivity index (χ1n) is 8.30. The van der Waals surface area contributed by atoms with Crippen molar-refractivity contribution in [1.29, 1.82) is 0 Å². The van der Waals surface area contributed by atoms with E-state index in [-0.39, 0.29) is 16.6 Å². The van der Waals surface area contributed by atoms with Gasteiger partial charge in [-0.05, 0) is 36.6 Å². The van der Waals surface area contributed by atoms with Crippen molar-refractivity contribution in [3.63, 3.8) is 0 Å². The fourth-order valence-corrected chi connectivity index (χ4v) is 3.24. The number of hydrogen-bond acceptors (Lipinski definition) is 5. The number of hydrogen-bond donors (Lipinski definition) is 0. The smallest absolute Gasteiger partial charge is 0.437 e. The average Bonchev–Trinajstić information content (AvgIpc) is 2.60. The summed E-state index contributed by atoms with van der Waals surface area (Å²) in [5.74, 6) is -0.161. The third kappa shape index (κ3) is 4.83. The molecule has 0 saturated heterocycles. The van der Waals surface area contributed by atoms with Gasteiger partial charge < -0.3 is 4.74 Å². The minimum absolute atomic E-state index is 0.0371. The molecule has 0 atom stereocenters. The van der Waals surface area contributed by atoms with E-state index in [1.54, 1.807) is 26.8 Å². The summed E-state index contributed by atoms with van der Waals surface area (Å²) in [6.45, 7) is 5.33. The molecule has 5 nitrogen and oxygen atoms in total. The highest BCUT2D eigenvalue weighted by molar-refractivity contribution is 7.86. The minimum atomic E-state index is -4.97. The van der Waals surface area contributed by atoms with Gasteiger partial charge in [0.1, 0.15) is 10.6 Å². The number of halogens is 3. The zero-order valence-electron chi connectivity index (χ0n) is 15.7. The number of aryl methyl sites for hydroxylation is 1. The lowest BCUT2D eigenvalue weighted by molar-refractivity contribution is -0.0598. The van der Waals surface area contributed by atoms with Crippen LogP contribution in [0.15, 0.2) is 52.5 Å². The Morgan fingerprint density at radius 3 is 2.18 bits per heavy atom. The van der Waals surface area contributed by atoms with E-state index in [0.717, 1.165) is 11.6 Å². The lowest BCUT2D eigenvalue weighted by Crippen LogP contribution is -2.26. The molecule has 0 amide bonds. The standard InChI is InChI=1S/C19H20F3NO4S/c1-12(2)15-6-5-7-16(17(15)26-4)18(19(20,21)22)23-27-28(24,25)14-10-8-13(3)9-11-14/h5-12H,1-4H3/b23-18-. The predicted octanol–water partition coefficient (Wildman–Crippen LogP) is 4.80. The van der Waals surface area contributed by atoms with Crippen LogP contribution in [0.2, 0.25) is 0 Å². The van der Waals surface area contributed by atoms with Crippen LogP contribution in [0, 0.1) is 6.92 Å². The van der Waals surface area contributed by atoms with Gasteiger partial charge in [-0.1, -0.05) is 48.8 Å². The molecule has 0 N–H and O–H groups in total. The number of para-hydroxylation sites is 1. The lowest BCUT2D eigenvalue weighted by atomic mass is 9.97. The van der Waals surface area contributed by atoms with E-state index in [2.05, 4.69) is 9.44 Å². The largest absolute Gasteiger partial charge is 0.496 e. The van der Waals surface area contributed by atoms with Gasteiger partial charge >= 0.3 is 16.3 Å². The van der Waals surface area contributed by atoms with Crippen LogP contribution < -0.4 is 4.74 Å². The maximum Gasteiger partial charge on any atom is 0.437 e. The van der Waals surface area contributed by atoms with Crippen molar-refractivity contribution >= 4 is 15.8 Å². The second kappa shape index (κ2) is 8.22. The second-order valence-electron chi connectivity index (χ2n) is 6.36. The van der Waals surface area contributed by atoms with Crippen molar-refractivity contribution in [1.82, 2.24) is 0 Å². The molecule has 0 aliphatic carbocycles. The molecule has 0 fully saturated rings. The SMILES string of the molecule is COc1c(/C(=N/OS(=O)(=O)c2ccc(C)cc2)C(F)(F)F)cccc1C(C)C. The summed E-state index contributed by atoms with van der Waals surface area (Å²) >= 11 is 0. The molecule has 0 saturated carbocycles. The lowest BCUT2D eigenvalue weighted by Gasteiger charge is -2.18. The Morgan fingerprint density at radius 2 is 1.68 bits per heavy atom. The van der Waals surface area contributed by atoms with Gasteiger partial charge in [-0.2, -0.15) is 21.6 Å². The molecule has 152 valence electrons. The van der Waals surface area contributed by atoms with E-state index >= 15 is 0 Å². The Morgan fingerprint density at radius 1 is 1.07 bits per heavy atom. The number of benzene rings is 2. The quantitative estimate of drug-likeness (QED) is 0.502. The molecule has 2 aromatic rings. The number of alkyl halides is 3. The van der Waals surface area contributed by atoms with Gasteiger partial charge in [0, 0.05) is 0 Å². The molecule has 28 heavy (non-hydrogen) atoms. The second-order valence-corrected chi connectivity index (χ2v) is 7.89. The van der Waals surface area contributed by atoms with Gasteiger partial charge in [-0.25, -0.2) is 0 Å². The highest BCUT2D eigenvalue weighted by atomic mass is 32.2. The fourth-order valence-electron chi connectivity index (χ4n) is 2.51. The van der Waals surface area contributed by atoms with Gasteiger partial charge in [0.15, 0.2) is 5.71 Å². The fraction of sp³-hybridized carbons (Fsp3) is 0.316. The summed E-state index contributed by atoms with van der Waals surface area (Å²) in [7, 11) is -3.28. The summed E-state index contributed by atoms with van der Waals surface area (Å²) in [6, 6.07) is 9.66. The molecule has 0 heterocycles. The number of ether oxygens (including phenoxy) is 1. The van der Waals surface area contributed by atoms with Crippen LogP contribution in [0.25, 0.3) is 0 Å². The monoisotopic (exact) mass is 415 g/mol. The van der Waals surface area contributed by atoms with Gasteiger partial charge in [-0.15, -0.1) is 0 Å². The number of oxime groups is 1. The maximum absolute atomic E-state index is 13.6. The average molecular weight is 415 g/mol. The van der Waals surface area contributed by atoms with Crippen LogP contribution in [0.3, 0.4) is 0 Å². The summed E-state index contributed by atoms with van der Waals surface area (Å²) in [4.78, 5) is -0.300. The molecule has 0 aliphatic heterocycles. The van der Waals surface area contributed by atoms with Gasteiger partial charge in [-0.3, -0.25) is 4.28 Å². The maximum atomic E-state index is 13.6.